The van der Waals surface area contributed by atoms with Crippen LogP contribution in [0.4, 0.5) is 5.82 Å². The van der Waals surface area contributed by atoms with Crippen LogP contribution in [-0.4, -0.2) is 223 Å². The van der Waals surface area contributed by atoms with E-state index in [-0.39, 0.29) is 73.8 Å². The SMILES string of the molecule is COCCO[C@H]1C(OP(=O)(O)OC[C@H]2O[C@@H](n3cc(C)c(=O)[nH]c3=O)CC2OP(=O)(S)OC[C@H]2O[C@@H](n3cc(C)c(=O)[nH]c3=O)CC2OP(O)(=S)OC)[C@@H](COP(=O)(O)OC2[C@@H]3O[C@@H](C)[C@]2(COP(O)(=S)OC2[C@@H]4O[C@@H](C)[C@]2(CO)O[C@H]4n2cc(C)c(N)nc2=O)O[C@H]3n2cc(C)c(=O)[nH]c2=O)O[C@H]1n1cc(C)c(=O)[nH]c1=O.[Y]. The fourth-order valence-corrected chi connectivity index (χ4v) is 19.8. The molecule has 12 heterocycles. The zero-order valence-electron chi connectivity index (χ0n) is 61.4. The Kier molecular flexibility index (Phi) is 27.9. The molecule has 12 rings (SSSR count). The molecule has 5 aromatic heterocycles. The van der Waals surface area contributed by atoms with E-state index in [1.165, 1.54) is 61.0 Å². The number of hydrogen-bond acceptors (Lipinski definition) is 36. The van der Waals surface area contributed by atoms with Crippen LogP contribution in [0.15, 0.2) is 74.1 Å². The first-order chi connectivity index (χ1) is 52.9. The first-order valence-electron chi connectivity index (χ1n) is 34.1. The predicted molar refractivity (Wildman–Crippen MR) is 390 cm³/mol. The Morgan fingerprint density at radius 1 is 0.544 bits per heavy atom. The van der Waals surface area contributed by atoms with Gasteiger partial charge in [0.05, 0.1) is 64.6 Å². The van der Waals surface area contributed by atoms with Gasteiger partial charge in [-0.1, -0.05) is 12.2 Å². The van der Waals surface area contributed by atoms with Gasteiger partial charge in [-0.2, -0.15) is 4.98 Å². The third kappa shape index (κ3) is 19.0. The largest absolute Gasteiger partial charge is 0.472 e. The molecule has 114 heavy (non-hydrogen) atoms. The van der Waals surface area contributed by atoms with Gasteiger partial charge in [-0.15, -0.1) is 0 Å². The Labute approximate surface area is 681 Å². The number of ether oxygens (including phenoxy) is 9. The molecule has 47 nitrogen and oxygen atoms in total. The molecule has 0 aliphatic carbocycles. The number of phosphoric ester groups is 2. The molecule has 10 unspecified atom stereocenters. The number of phosphoric acid groups is 2. The van der Waals surface area contributed by atoms with Crippen LogP contribution in [0.3, 0.4) is 0 Å². The molecule has 7 saturated heterocycles. The van der Waals surface area contributed by atoms with Crippen LogP contribution in [0.5, 0.6) is 0 Å². The molecule has 0 spiro atoms. The summed E-state index contributed by atoms with van der Waals surface area (Å²) in [6.45, 7) is -9.29. The number of fused-ring (bicyclic) bond motifs is 4. The number of hydrogen-bond donors (Lipinski definition) is 11. The Morgan fingerprint density at radius 3 is 1.50 bits per heavy atom. The van der Waals surface area contributed by atoms with E-state index in [2.05, 4.69) is 37.2 Å². The van der Waals surface area contributed by atoms with E-state index in [1.54, 1.807) is 6.92 Å². The first kappa shape index (κ1) is 90.6. The molecule has 25 atom stereocenters. The smallest absolute Gasteiger partial charge is 0.393 e. The summed E-state index contributed by atoms with van der Waals surface area (Å²) in [5.41, 5.74) is -6.01. The van der Waals surface area contributed by atoms with Gasteiger partial charge in [-0.3, -0.25) is 93.6 Å². The third-order valence-corrected chi connectivity index (χ3v) is 26.6. The number of nitrogens with two attached hydrogens (primary N) is 1. The molecular weight excluding hydrogens is 1770 g/mol. The van der Waals surface area contributed by atoms with Gasteiger partial charge in [0.25, 0.3) is 22.2 Å². The standard InChI is InChI=1S/C58H80N11O36P5S3.Y/c1-24-14-68(52(75)60-44(24)59)50-40-42(57(22-70,99-50)29(6)94-40)105-110(86,113)93-23-58-30(7)95-41(51(100-58)69-18-28(5)48(74)64-56(69)79)43(58)104-107(82,83)91-21-35-38(39(89-11-10-87-8)49(98-35)67-17-27(4)47(73)63-55(67)78)103-106(80,81)90-19-33-32(13-37(96-33)66-16-26(3)46(72)62-54(66)77)102-109(85,112)92-20-34-31(101-108(84,111)88-9)12-36(97-34)65-15-25(2)45(71)61-53(65)76;/h14-18,29-43,49-51,70H,10-13,19-23H2,1-9H3,(H,80,81)(H,82,83)(H,84,111)(H,85,112)(H,86,113)(H2,59,60,75)(H,61,71,76)(H,62,72,77)(H,63,73,78)(H,64,74,79);/t29-,30-,31?,32?,33+,34+,35+,36+,37+,38?,39-,40-,41-,42?,43?,49+,50+,51+,57-,58-,108?,109?,110?;/m0./s1. The Hall–Kier alpha value is -4.12. The summed E-state index contributed by atoms with van der Waals surface area (Å²) in [5.74, 6) is -0.0817. The van der Waals surface area contributed by atoms with Gasteiger partial charge in [0.2, 0.25) is 0 Å². The van der Waals surface area contributed by atoms with Crippen LogP contribution in [0.25, 0.3) is 0 Å². The number of rotatable bonds is 33. The third-order valence-electron chi connectivity index (χ3n) is 19.8. The molecule has 4 bridgehead atoms. The number of aromatic amines is 4. The van der Waals surface area contributed by atoms with Crippen molar-refractivity contribution in [2.75, 3.05) is 66.2 Å². The molecule has 11 N–H and O–H groups in total. The fourth-order valence-electron chi connectivity index (χ4n) is 13.9. The molecule has 7 aliphatic heterocycles. The number of nitrogen functional groups attached to an aromatic ring is 1. The Balaban J connectivity index is 0.0000128. The summed E-state index contributed by atoms with van der Waals surface area (Å²) >= 11 is 14.8. The van der Waals surface area contributed by atoms with E-state index in [9.17, 15) is 81.5 Å². The number of H-pyrrole nitrogens is 4. The zero-order chi connectivity index (χ0) is 82.3. The topological polar surface area (TPSA) is 608 Å². The fraction of sp³-hybridized carbons (Fsp3) is 0.655. The maximum atomic E-state index is 14.9. The number of nitrogens with zero attached hydrogens (tertiary/aromatic N) is 6. The second kappa shape index (κ2) is 35.1. The van der Waals surface area contributed by atoms with Crippen LogP contribution in [0, 0.1) is 34.6 Å². The molecule has 7 fully saturated rings. The van der Waals surface area contributed by atoms with Crippen molar-refractivity contribution in [1.29, 1.82) is 0 Å². The van der Waals surface area contributed by atoms with Crippen molar-refractivity contribution < 1.29 is 159 Å². The number of aromatic nitrogens is 10. The minimum absolute atomic E-state index is 0. The van der Waals surface area contributed by atoms with Crippen LogP contribution >= 0.6 is 48.1 Å². The van der Waals surface area contributed by atoms with Crippen LogP contribution in [0.2, 0.25) is 0 Å². The number of aliphatic hydroxyl groups is 1. The molecule has 1 radical (unpaired) electrons. The van der Waals surface area contributed by atoms with E-state index >= 15 is 0 Å². The minimum atomic E-state index is -5.80. The van der Waals surface area contributed by atoms with Crippen molar-refractivity contribution in [3.63, 3.8) is 0 Å². The van der Waals surface area contributed by atoms with Gasteiger partial charge in [-0.05, 0) is 72.1 Å². The van der Waals surface area contributed by atoms with E-state index in [0.717, 1.165) is 48.5 Å². The molecule has 629 valence electrons. The van der Waals surface area contributed by atoms with Crippen LogP contribution in [-0.2, 0) is 158 Å². The average molecular weight is 1850 g/mol. The van der Waals surface area contributed by atoms with Crippen molar-refractivity contribution in [3.8, 4) is 0 Å². The summed E-state index contributed by atoms with van der Waals surface area (Å²) in [4.78, 5) is 176. The van der Waals surface area contributed by atoms with Crippen molar-refractivity contribution in [2.45, 2.75) is 183 Å². The Morgan fingerprint density at radius 2 is 0.982 bits per heavy atom. The van der Waals surface area contributed by atoms with Crippen molar-refractivity contribution in [1.82, 2.24) is 47.8 Å². The Bertz CT molecular complexity index is 5300. The summed E-state index contributed by atoms with van der Waals surface area (Å²) < 4.78 is 161. The van der Waals surface area contributed by atoms with Crippen molar-refractivity contribution >= 4 is 77.6 Å². The number of anilines is 1. The normalized spacial score (nSPS) is 33.0. The molecule has 7 aliphatic rings. The van der Waals surface area contributed by atoms with Gasteiger partial charge in [0, 0.05) is 119 Å². The van der Waals surface area contributed by atoms with Crippen molar-refractivity contribution in [3.05, 3.63) is 153 Å². The van der Waals surface area contributed by atoms with Gasteiger partial charge in [0.1, 0.15) is 90.5 Å². The number of aliphatic hydroxyl groups excluding tert-OH is 1. The first-order valence-corrected chi connectivity index (χ1v) is 45.0. The van der Waals surface area contributed by atoms with Crippen LogP contribution < -0.4 is 56.4 Å². The molecule has 0 amide bonds. The van der Waals surface area contributed by atoms with Gasteiger partial charge in [-0.25, -0.2) is 37.7 Å². The van der Waals surface area contributed by atoms with E-state index in [1.807, 2.05) is 0 Å². The maximum absolute atomic E-state index is 14.9. The number of thiol groups is 1. The number of methoxy groups -OCH3 is 1. The number of aryl methyl sites for hydroxylation is 5. The second-order valence-corrected chi connectivity index (χ2v) is 38.6. The quantitative estimate of drug-likeness (QED) is 0.0129. The molecular formula is C58H80N11O36P5S3Y. The minimum Gasteiger partial charge on any atom is -0.393 e. The monoisotopic (exact) mass is 1850 g/mol. The average Bonchev–Trinajstić information content (AvgIpc) is 1.55. The van der Waals surface area contributed by atoms with E-state index < -0.39 is 254 Å². The van der Waals surface area contributed by atoms with Crippen molar-refractivity contribution in [2.24, 2.45) is 0 Å². The van der Waals surface area contributed by atoms with E-state index in [4.69, 9.17) is 117 Å². The molecule has 0 saturated carbocycles. The zero-order valence-corrected chi connectivity index (χ0v) is 71.2. The maximum Gasteiger partial charge on any atom is 0.472 e. The van der Waals surface area contributed by atoms with Gasteiger partial charge in [0.15, 0.2) is 18.7 Å². The summed E-state index contributed by atoms with van der Waals surface area (Å²) in [5, 5.41) is 10.9. The summed E-state index contributed by atoms with van der Waals surface area (Å²) in [6, 6.07) is 0. The molecule has 56 heteroatoms. The summed E-state index contributed by atoms with van der Waals surface area (Å²) in [7, 11) is -9.25. The second-order valence-electron chi connectivity index (χ2n) is 27.2. The van der Waals surface area contributed by atoms with Crippen LogP contribution in [0.1, 0.15) is 85.6 Å². The van der Waals surface area contributed by atoms with E-state index in [0.29, 0.717) is 5.56 Å². The summed E-state index contributed by atoms with van der Waals surface area (Å²) in [6.07, 6.45) is -23.0. The molecule has 5 aromatic rings. The number of nitrogens with one attached hydrogen (secondary N) is 4. The predicted octanol–water partition coefficient (Wildman–Crippen LogP) is -1.52. The van der Waals surface area contributed by atoms with Gasteiger partial charge >= 0.3 is 64.3 Å². The molecule has 0 aromatic carbocycles. The van der Waals surface area contributed by atoms with Gasteiger partial charge < -0.3 is 86.6 Å².